The van der Waals surface area contributed by atoms with Gasteiger partial charge in [0, 0.05) is 29.1 Å². The molecule has 2 atom stereocenters. The lowest BCUT2D eigenvalue weighted by Crippen LogP contribution is -2.50. The first-order valence-electron chi connectivity index (χ1n) is 8.37. The number of halogens is 2. The number of nitrogens with one attached hydrogen (secondary N) is 1. The third-order valence-corrected chi connectivity index (χ3v) is 4.63. The van der Waals surface area contributed by atoms with Gasteiger partial charge in [-0.25, -0.2) is 0 Å². The summed E-state index contributed by atoms with van der Waals surface area (Å²) in [5.74, 6) is -0.203. The third kappa shape index (κ3) is 5.67. The molecule has 1 N–H and O–H groups in total. The molecule has 134 valence electrons. The first-order chi connectivity index (χ1) is 11.3. The lowest BCUT2D eigenvalue weighted by Gasteiger charge is -2.31. The normalized spacial score (nSPS) is 13.2. The lowest BCUT2D eigenvalue weighted by atomic mass is 10.1. The minimum absolute atomic E-state index is 0.0734. The second-order valence-electron chi connectivity index (χ2n) is 5.85. The molecule has 1 rings (SSSR count). The van der Waals surface area contributed by atoms with E-state index in [0.717, 1.165) is 12.0 Å². The van der Waals surface area contributed by atoms with Crippen molar-refractivity contribution in [2.24, 2.45) is 0 Å². The molecule has 0 heterocycles. The summed E-state index contributed by atoms with van der Waals surface area (Å²) in [5.41, 5.74) is 0.776. The summed E-state index contributed by atoms with van der Waals surface area (Å²) < 4.78 is 0. The highest BCUT2D eigenvalue weighted by molar-refractivity contribution is 6.35. The molecule has 0 aliphatic heterocycles. The zero-order chi connectivity index (χ0) is 18.3. The van der Waals surface area contributed by atoms with Crippen LogP contribution in [0.1, 0.15) is 52.5 Å². The average Bonchev–Trinajstić information content (AvgIpc) is 2.55. The first kappa shape index (κ1) is 20.8. The van der Waals surface area contributed by atoms with Gasteiger partial charge in [-0.1, -0.05) is 50.0 Å². The Kier molecular flexibility index (Phi) is 8.57. The van der Waals surface area contributed by atoms with Crippen LogP contribution in [0.25, 0.3) is 0 Å². The Hall–Kier alpha value is -1.26. The van der Waals surface area contributed by atoms with Crippen molar-refractivity contribution in [3.05, 3.63) is 33.8 Å². The van der Waals surface area contributed by atoms with Crippen LogP contribution in [0, 0.1) is 0 Å². The Balaban J connectivity index is 3.05. The number of carbonyl (C=O) groups excluding carboxylic acids is 2. The van der Waals surface area contributed by atoms with Gasteiger partial charge in [0.05, 0.1) is 0 Å². The van der Waals surface area contributed by atoms with E-state index in [1.807, 2.05) is 20.8 Å². The molecule has 0 saturated heterocycles. The molecule has 0 saturated carbocycles. The van der Waals surface area contributed by atoms with Gasteiger partial charge in [0.15, 0.2) is 0 Å². The Morgan fingerprint density at radius 1 is 1.17 bits per heavy atom. The molecule has 2 amide bonds. The van der Waals surface area contributed by atoms with E-state index in [4.69, 9.17) is 23.2 Å². The van der Waals surface area contributed by atoms with E-state index >= 15 is 0 Å². The first-order valence-corrected chi connectivity index (χ1v) is 9.13. The highest BCUT2D eigenvalue weighted by atomic mass is 35.5. The standard InChI is InChI=1S/C18H26Cl2N2O2/c1-5-12(4)21-18(24)16(6-2)22(17(23)7-3)11-13-8-9-14(19)10-15(13)20/h8-10,12,16H,5-7,11H2,1-4H3,(H,21,24). The molecule has 0 bridgehead atoms. The molecule has 2 unspecified atom stereocenters. The van der Waals surface area contributed by atoms with Crippen molar-refractivity contribution in [1.29, 1.82) is 0 Å². The Bertz CT molecular complexity index is 578. The monoisotopic (exact) mass is 372 g/mol. The summed E-state index contributed by atoms with van der Waals surface area (Å²) in [6.45, 7) is 7.94. The smallest absolute Gasteiger partial charge is 0.243 e. The molecule has 4 nitrogen and oxygen atoms in total. The number of nitrogens with zero attached hydrogens (tertiary/aromatic N) is 1. The van der Waals surface area contributed by atoms with Crippen LogP contribution in [0.15, 0.2) is 18.2 Å². The topological polar surface area (TPSA) is 49.4 Å². The van der Waals surface area contributed by atoms with Crippen LogP contribution < -0.4 is 5.32 Å². The van der Waals surface area contributed by atoms with Crippen LogP contribution in [-0.2, 0) is 16.1 Å². The van der Waals surface area contributed by atoms with Crippen molar-refractivity contribution in [2.75, 3.05) is 0 Å². The summed E-state index contributed by atoms with van der Waals surface area (Å²) in [6.07, 6.45) is 1.71. The van der Waals surface area contributed by atoms with Crippen LogP contribution in [0.2, 0.25) is 10.0 Å². The molecule has 0 aromatic heterocycles. The second kappa shape index (κ2) is 9.90. The fourth-order valence-electron chi connectivity index (χ4n) is 2.40. The van der Waals surface area contributed by atoms with Crippen LogP contribution in [0.5, 0.6) is 0 Å². The third-order valence-electron chi connectivity index (χ3n) is 4.05. The van der Waals surface area contributed by atoms with Crippen molar-refractivity contribution in [2.45, 2.75) is 65.6 Å². The van der Waals surface area contributed by atoms with Gasteiger partial charge in [-0.2, -0.15) is 0 Å². The van der Waals surface area contributed by atoms with Crippen LogP contribution in [0.4, 0.5) is 0 Å². The van der Waals surface area contributed by atoms with Crippen LogP contribution in [0.3, 0.4) is 0 Å². The SMILES string of the molecule is CCC(=O)N(Cc1ccc(Cl)cc1Cl)C(CC)C(=O)NC(C)CC. The minimum Gasteiger partial charge on any atom is -0.352 e. The summed E-state index contributed by atoms with van der Waals surface area (Å²) in [5, 5.41) is 4.00. The molecule has 0 spiro atoms. The molecule has 0 radical (unpaired) electrons. The van der Waals surface area contributed by atoms with E-state index in [0.29, 0.717) is 22.9 Å². The van der Waals surface area contributed by atoms with Crippen LogP contribution in [-0.4, -0.2) is 28.8 Å². The predicted octanol–water partition coefficient (Wildman–Crippen LogP) is 4.43. The van der Waals surface area contributed by atoms with E-state index in [1.165, 1.54) is 0 Å². The summed E-state index contributed by atoms with van der Waals surface area (Å²) in [4.78, 5) is 26.6. The number of hydrogen-bond donors (Lipinski definition) is 1. The van der Waals surface area contributed by atoms with Gasteiger partial charge >= 0.3 is 0 Å². The van der Waals surface area contributed by atoms with E-state index in [2.05, 4.69) is 5.32 Å². The van der Waals surface area contributed by atoms with Crippen molar-refractivity contribution in [1.82, 2.24) is 10.2 Å². The Morgan fingerprint density at radius 3 is 2.33 bits per heavy atom. The average molecular weight is 373 g/mol. The number of rotatable bonds is 8. The Labute approximate surface area is 154 Å². The maximum absolute atomic E-state index is 12.6. The lowest BCUT2D eigenvalue weighted by molar-refractivity contribution is -0.141. The summed E-state index contributed by atoms with van der Waals surface area (Å²) >= 11 is 12.2. The molecule has 0 aliphatic rings. The van der Waals surface area contributed by atoms with E-state index < -0.39 is 6.04 Å². The Morgan fingerprint density at radius 2 is 1.83 bits per heavy atom. The molecule has 24 heavy (non-hydrogen) atoms. The van der Waals surface area contributed by atoms with Gasteiger partial charge in [-0.05, 0) is 37.5 Å². The van der Waals surface area contributed by atoms with Gasteiger partial charge in [-0.15, -0.1) is 0 Å². The van der Waals surface area contributed by atoms with Gasteiger partial charge < -0.3 is 10.2 Å². The van der Waals surface area contributed by atoms with Crippen molar-refractivity contribution in [3.63, 3.8) is 0 Å². The van der Waals surface area contributed by atoms with E-state index in [1.54, 1.807) is 30.0 Å². The maximum Gasteiger partial charge on any atom is 0.243 e. The number of hydrogen-bond acceptors (Lipinski definition) is 2. The van der Waals surface area contributed by atoms with Crippen molar-refractivity contribution in [3.8, 4) is 0 Å². The minimum atomic E-state index is -0.516. The zero-order valence-electron chi connectivity index (χ0n) is 14.7. The van der Waals surface area contributed by atoms with Crippen LogP contribution >= 0.6 is 23.2 Å². The zero-order valence-corrected chi connectivity index (χ0v) is 16.2. The molecule has 1 aromatic carbocycles. The largest absolute Gasteiger partial charge is 0.352 e. The van der Waals surface area contributed by atoms with Gasteiger partial charge in [0.25, 0.3) is 0 Å². The van der Waals surface area contributed by atoms with Crippen molar-refractivity contribution >= 4 is 35.0 Å². The number of benzene rings is 1. The summed E-state index contributed by atoms with van der Waals surface area (Å²) in [7, 11) is 0. The summed E-state index contributed by atoms with van der Waals surface area (Å²) in [6, 6.07) is 4.73. The quantitative estimate of drug-likeness (QED) is 0.733. The highest BCUT2D eigenvalue weighted by Crippen LogP contribution is 2.24. The van der Waals surface area contributed by atoms with Gasteiger partial charge in [-0.3, -0.25) is 9.59 Å². The number of carbonyl (C=O) groups is 2. The molecule has 1 aromatic rings. The fourth-order valence-corrected chi connectivity index (χ4v) is 2.87. The second-order valence-corrected chi connectivity index (χ2v) is 6.70. The van der Waals surface area contributed by atoms with Gasteiger partial charge in [0.1, 0.15) is 6.04 Å². The predicted molar refractivity (Wildman–Crippen MR) is 99.3 cm³/mol. The molecular formula is C18H26Cl2N2O2. The molecule has 6 heteroatoms. The highest BCUT2D eigenvalue weighted by Gasteiger charge is 2.28. The van der Waals surface area contributed by atoms with E-state index in [9.17, 15) is 9.59 Å². The van der Waals surface area contributed by atoms with Gasteiger partial charge in [0.2, 0.25) is 11.8 Å². The molecule has 0 fully saturated rings. The molecular weight excluding hydrogens is 347 g/mol. The molecule has 0 aliphatic carbocycles. The fraction of sp³-hybridized carbons (Fsp3) is 0.556. The van der Waals surface area contributed by atoms with E-state index in [-0.39, 0.29) is 24.4 Å². The van der Waals surface area contributed by atoms with Crippen molar-refractivity contribution < 1.29 is 9.59 Å². The maximum atomic E-state index is 12.6. The number of amides is 2.